The summed E-state index contributed by atoms with van der Waals surface area (Å²) in [5, 5.41) is 9.13. The summed E-state index contributed by atoms with van der Waals surface area (Å²) in [7, 11) is 1.54. The molecule has 0 radical (unpaired) electrons. The summed E-state index contributed by atoms with van der Waals surface area (Å²) in [4.78, 5) is 25.0. The number of carbonyl (C=O) groups excluding carboxylic acids is 1. The van der Waals surface area contributed by atoms with Gasteiger partial charge in [0, 0.05) is 12.1 Å². The normalized spacial score (nSPS) is 18.4. The van der Waals surface area contributed by atoms with Crippen molar-refractivity contribution in [3.63, 3.8) is 0 Å². The van der Waals surface area contributed by atoms with Crippen LogP contribution in [-0.2, 0) is 4.79 Å². The van der Waals surface area contributed by atoms with E-state index in [2.05, 4.69) is 0 Å². The van der Waals surface area contributed by atoms with E-state index in [4.69, 9.17) is 9.84 Å². The zero-order valence-corrected chi connectivity index (χ0v) is 11.0. The lowest BCUT2D eigenvalue weighted by Crippen LogP contribution is -2.40. The molecule has 19 heavy (non-hydrogen) atoms. The van der Waals surface area contributed by atoms with E-state index in [1.54, 1.807) is 18.2 Å². The number of benzene rings is 1. The second-order valence-corrected chi connectivity index (χ2v) is 4.68. The van der Waals surface area contributed by atoms with Crippen molar-refractivity contribution < 1.29 is 19.4 Å². The van der Waals surface area contributed by atoms with Gasteiger partial charge >= 0.3 is 5.97 Å². The van der Waals surface area contributed by atoms with Gasteiger partial charge in [-0.25, -0.2) is 4.79 Å². The number of carboxylic acids is 1. The molecule has 1 fully saturated rings. The van der Waals surface area contributed by atoms with Gasteiger partial charge in [0.25, 0.3) is 5.91 Å². The highest BCUT2D eigenvalue weighted by atomic mass is 16.5. The Morgan fingerprint density at radius 2 is 2.16 bits per heavy atom. The first kappa shape index (κ1) is 13.4. The number of amides is 1. The Labute approximate surface area is 111 Å². The lowest BCUT2D eigenvalue weighted by Gasteiger charge is -2.22. The maximum absolute atomic E-state index is 12.5. The molecule has 2 rings (SSSR count). The quantitative estimate of drug-likeness (QED) is 0.901. The number of carbonyl (C=O) groups is 2. The molecule has 5 nitrogen and oxygen atoms in total. The predicted octanol–water partition coefficient (Wildman–Crippen LogP) is 1.69. The van der Waals surface area contributed by atoms with Crippen LogP contribution in [0.2, 0.25) is 0 Å². The molecule has 1 aliphatic rings. The average molecular weight is 263 g/mol. The highest BCUT2D eigenvalue weighted by Gasteiger charge is 2.34. The Hall–Kier alpha value is -2.04. The lowest BCUT2D eigenvalue weighted by atomic mass is 10.1. The smallest absolute Gasteiger partial charge is 0.326 e. The van der Waals surface area contributed by atoms with E-state index >= 15 is 0 Å². The van der Waals surface area contributed by atoms with Crippen LogP contribution in [0.15, 0.2) is 18.2 Å². The summed E-state index contributed by atoms with van der Waals surface area (Å²) in [6.07, 6.45) is 1.25. The Morgan fingerprint density at radius 1 is 1.42 bits per heavy atom. The second-order valence-electron chi connectivity index (χ2n) is 4.68. The molecule has 1 aromatic rings. The molecule has 1 atom stereocenters. The van der Waals surface area contributed by atoms with Crippen molar-refractivity contribution >= 4 is 11.9 Å². The molecule has 0 aromatic heterocycles. The van der Waals surface area contributed by atoms with Crippen molar-refractivity contribution in [2.45, 2.75) is 25.8 Å². The van der Waals surface area contributed by atoms with E-state index in [1.165, 1.54) is 12.0 Å². The zero-order valence-electron chi connectivity index (χ0n) is 11.0. The molecule has 5 heteroatoms. The van der Waals surface area contributed by atoms with Crippen LogP contribution in [0.25, 0.3) is 0 Å². The van der Waals surface area contributed by atoms with E-state index in [-0.39, 0.29) is 5.91 Å². The van der Waals surface area contributed by atoms with Crippen molar-refractivity contribution in [2.24, 2.45) is 0 Å². The SMILES string of the molecule is COc1ccc(C)c(C(=O)N2CCC[C@H]2C(=O)O)c1. The summed E-state index contributed by atoms with van der Waals surface area (Å²) in [6, 6.07) is 4.54. The van der Waals surface area contributed by atoms with E-state index in [0.717, 1.165) is 12.0 Å². The third kappa shape index (κ3) is 2.54. The Balaban J connectivity index is 2.31. The number of carboxylic acid groups (broad SMARTS) is 1. The van der Waals surface area contributed by atoms with Crippen LogP contribution in [0, 0.1) is 6.92 Å². The Morgan fingerprint density at radius 3 is 2.79 bits per heavy atom. The molecule has 102 valence electrons. The van der Waals surface area contributed by atoms with Crippen molar-refractivity contribution in [3.8, 4) is 5.75 Å². The second kappa shape index (κ2) is 5.30. The van der Waals surface area contributed by atoms with Gasteiger partial charge in [-0.05, 0) is 37.5 Å². The van der Waals surface area contributed by atoms with Crippen LogP contribution in [0.4, 0.5) is 0 Å². The minimum Gasteiger partial charge on any atom is -0.497 e. The molecule has 1 amide bonds. The van der Waals surface area contributed by atoms with Crippen LogP contribution in [0.1, 0.15) is 28.8 Å². The number of hydrogen-bond acceptors (Lipinski definition) is 3. The fourth-order valence-corrected chi connectivity index (χ4v) is 2.38. The lowest BCUT2D eigenvalue weighted by molar-refractivity contribution is -0.141. The van der Waals surface area contributed by atoms with E-state index in [0.29, 0.717) is 24.3 Å². The standard InChI is InChI=1S/C14H17NO4/c1-9-5-6-10(19-2)8-11(9)13(16)15-7-3-4-12(15)14(17)18/h5-6,8,12H,3-4,7H2,1-2H3,(H,17,18)/t12-/m0/s1. The summed E-state index contributed by atoms with van der Waals surface area (Å²) < 4.78 is 5.11. The summed E-state index contributed by atoms with van der Waals surface area (Å²) in [5.74, 6) is -0.576. The van der Waals surface area contributed by atoms with Crippen molar-refractivity contribution in [3.05, 3.63) is 29.3 Å². The number of nitrogens with zero attached hydrogens (tertiary/aromatic N) is 1. The molecule has 1 heterocycles. The van der Waals surface area contributed by atoms with Gasteiger partial charge < -0.3 is 14.7 Å². The van der Waals surface area contributed by atoms with Crippen LogP contribution >= 0.6 is 0 Å². The number of rotatable bonds is 3. The van der Waals surface area contributed by atoms with E-state index in [9.17, 15) is 9.59 Å². The number of aliphatic carboxylic acids is 1. The molecule has 0 unspecified atom stereocenters. The maximum atomic E-state index is 12.5. The van der Waals surface area contributed by atoms with Crippen molar-refractivity contribution in [1.29, 1.82) is 0 Å². The molecule has 0 saturated carbocycles. The first-order valence-corrected chi connectivity index (χ1v) is 6.23. The van der Waals surface area contributed by atoms with E-state index in [1.807, 2.05) is 6.92 Å². The zero-order chi connectivity index (χ0) is 14.0. The van der Waals surface area contributed by atoms with Gasteiger partial charge in [0.15, 0.2) is 0 Å². The molecule has 0 spiro atoms. The summed E-state index contributed by atoms with van der Waals surface area (Å²) in [5.41, 5.74) is 1.33. The fourth-order valence-electron chi connectivity index (χ4n) is 2.38. The van der Waals surface area contributed by atoms with Gasteiger partial charge in [-0.1, -0.05) is 6.07 Å². The molecule has 1 N–H and O–H groups in total. The van der Waals surface area contributed by atoms with Crippen molar-refractivity contribution in [2.75, 3.05) is 13.7 Å². The minimum absolute atomic E-state index is 0.235. The van der Waals surface area contributed by atoms with Crippen LogP contribution < -0.4 is 4.74 Å². The van der Waals surface area contributed by atoms with Gasteiger partial charge in [-0.3, -0.25) is 4.79 Å². The number of ether oxygens (including phenoxy) is 1. The number of hydrogen-bond donors (Lipinski definition) is 1. The first-order valence-electron chi connectivity index (χ1n) is 6.23. The summed E-state index contributed by atoms with van der Waals surface area (Å²) >= 11 is 0. The van der Waals surface area contributed by atoms with Gasteiger partial charge in [0.2, 0.25) is 0 Å². The summed E-state index contributed by atoms with van der Waals surface area (Å²) in [6.45, 7) is 2.32. The fraction of sp³-hybridized carbons (Fsp3) is 0.429. The van der Waals surface area contributed by atoms with Crippen molar-refractivity contribution in [1.82, 2.24) is 4.90 Å². The minimum atomic E-state index is -0.939. The molecule has 0 aliphatic carbocycles. The van der Waals surface area contributed by atoms with Crippen LogP contribution in [0.3, 0.4) is 0 Å². The van der Waals surface area contributed by atoms with E-state index < -0.39 is 12.0 Å². The van der Waals surface area contributed by atoms with Gasteiger partial charge in [-0.2, -0.15) is 0 Å². The Kier molecular flexibility index (Phi) is 3.74. The van der Waals surface area contributed by atoms with Crippen LogP contribution in [-0.4, -0.2) is 41.6 Å². The number of methoxy groups -OCH3 is 1. The molecular formula is C14H17NO4. The monoisotopic (exact) mass is 263 g/mol. The highest BCUT2D eigenvalue weighted by molar-refractivity contribution is 5.98. The third-order valence-electron chi connectivity index (χ3n) is 3.47. The molecule has 1 aliphatic heterocycles. The Bertz CT molecular complexity index is 512. The van der Waals surface area contributed by atoms with Gasteiger partial charge in [0.1, 0.15) is 11.8 Å². The van der Waals surface area contributed by atoms with Crippen LogP contribution in [0.5, 0.6) is 5.75 Å². The predicted molar refractivity (Wildman–Crippen MR) is 69.4 cm³/mol. The molecular weight excluding hydrogens is 246 g/mol. The highest BCUT2D eigenvalue weighted by Crippen LogP contribution is 2.24. The van der Waals surface area contributed by atoms with Gasteiger partial charge in [0.05, 0.1) is 7.11 Å². The third-order valence-corrected chi connectivity index (χ3v) is 3.47. The number of likely N-dealkylation sites (tertiary alicyclic amines) is 1. The first-order chi connectivity index (χ1) is 9.04. The largest absolute Gasteiger partial charge is 0.497 e. The topological polar surface area (TPSA) is 66.8 Å². The molecule has 1 aromatic carbocycles. The average Bonchev–Trinajstić information content (AvgIpc) is 2.88. The number of aryl methyl sites for hydroxylation is 1. The maximum Gasteiger partial charge on any atom is 0.326 e. The van der Waals surface area contributed by atoms with Gasteiger partial charge in [-0.15, -0.1) is 0 Å². The molecule has 1 saturated heterocycles. The molecule has 0 bridgehead atoms.